The Bertz CT molecular complexity index is 142. The highest BCUT2D eigenvalue weighted by molar-refractivity contribution is 7.58. The third-order valence-corrected chi connectivity index (χ3v) is 7.53. The maximum absolute atomic E-state index is 2.44. The fraction of sp³-hybridized carbons (Fsp3) is 1.00. The fourth-order valence-corrected chi connectivity index (χ4v) is 6.53. The predicted molar refractivity (Wildman–Crippen MR) is 66.5 cm³/mol. The Kier molecular flexibility index (Phi) is 3.88. The van der Waals surface area contributed by atoms with Crippen LogP contribution in [0.2, 0.25) is 0 Å². The zero-order chi connectivity index (χ0) is 9.97. The molecule has 0 aromatic carbocycles. The first-order chi connectivity index (χ1) is 6.75. The molecule has 0 aromatic rings. The molecule has 0 spiro atoms. The van der Waals surface area contributed by atoms with Crippen molar-refractivity contribution in [3.8, 4) is 0 Å². The van der Waals surface area contributed by atoms with Crippen molar-refractivity contribution >= 4 is 7.92 Å². The molecule has 0 N–H and O–H groups in total. The van der Waals surface area contributed by atoms with Crippen LogP contribution in [0.3, 0.4) is 0 Å². The molecule has 1 heterocycles. The van der Waals surface area contributed by atoms with Gasteiger partial charge >= 0.3 is 0 Å². The molecule has 0 radical (unpaired) electrons. The zero-order valence-corrected chi connectivity index (χ0v) is 10.7. The Morgan fingerprint density at radius 1 is 0.714 bits per heavy atom. The van der Waals surface area contributed by atoms with E-state index in [0.717, 1.165) is 11.8 Å². The Balaban J connectivity index is 1.78. The van der Waals surface area contributed by atoms with Gasteiger partial charge in [-0.25, -0.2) is 0 Å². The summed E-state index contributed by atoms with van der Waals surface area (Å²) in [5, 5.41) is 0. The Morgan fingerprint density at radius 3 is 1.79 bits per heavy atom. The normalized spacial score (nSPS) is 45.0. The van der Waals surface area contributed by atoms with E-state index in [4.69, 9.17) is 0 Å². The summed E-state index contributed by atoms with van der Waals surface area (Å²) in [5.74, 6) is 2.07. The quantitative estimate of drug-likeness (QED) is 0.562. The number of rotatable bonds is 1. The van der Waals surface area contributed by atoms with Crippen LogP contribution in [0, 0.1) is 11.8 Å². The molecule has 14 heavy (non-hydrogen) atoms. The summed E-state index contributed by atoms with van der Waals surface area (Å²) >= 11 is 0. The summed E-state index contributed by atoms with van der Waals surface area (Å²) in [7, 11) is 0.464. The van der Waals surface area contributed by atoms with Gasteiger partial charge < -0.3 is 0 Å². The van der Waals surface area contributed by atoms with Crippen LogP contribution in [-0.2, 0) is 0 Å². The lowest BCUT2D eigenvalue weighted by molar-refractivity contribution is 0.387. The molecule has 0 atom stereocenters. The minimum Gasteiger partial charge on any atom is -0.104 e. The van der Waals surface area contributed by atoms with Gasteiger partial charge in [0.1, 0.15) is 0 Å². The van der Waals surface area contributed by atoms with Crippen LogP contribution in [0.15, 0.2) is 0 Å². The summed E-state index contributed by atoms with van der Waals surface area (Å²) in [6, 6.07) is 0. The monoisotopic (exact) mass is 212 g/mol. The Hall–Kier alpha value is 0.430. The zero-order valence-electron chi connectivity index (χ0n) is 9.84. The molecule has 0 nitrogen and oxygen atoms in total. The maximum Gasteiger partial charge on any atom is -0.0209 e. The summed E-state index contributed by atoms with van der Waals surface area (Å²) in [6.45, 7) is 4.88. The number of hydrogen-bond acceptors (Lipinski definition) is 0. The van der Waals surface area contributed by atoms with E-state index in [1.54, 1.807) is 25.2 Å². The van der Waals surface area contributed by atoms with E-state index in [2.05, 4.69) is 13.8 Å². The first-order valence-electron chi connectivity index (χ1n) is 6.49. The molecule has 0 aromatic heterocycles. The lowest BCUT2D eigenvalue weighted by Crippen LogP contribution is -2.21. The Morgan fingerprint density at radius 2 is 1.21 bits per heavy atom. The van der Waals surface area contributed by atoms with Crippen molar-refractivity contribution in [1.82, 2.24) is 0 Å². The molecule has 1 aliphatic heterocycles. The smallest absolute Gasteiger partial charge is 0.0209 e. The van der Waals surface area contributed by atoms with Gasteiger partial charge in [-0.1, -0.05) is 26.7 Å². The van der Waals surface area contributed by atoms with E-state index in [-0.39, 0.29) is 0 Å². The van der Waals surface area contributed by atoms with Crippen molar-refractivity contribution in [3.05, 3.63) is 0 Å². The van der Waals surface area contributed by atoms with Crippen LogP contribution in [0.25, 0.3) is 0 Å². The first-order valence-corrected chi connectivity index (χ1v) is 8.28. The van der Waals surface area contributed by atoms with E-state index >= 15 is 0 Å². The van der Waals surface area contributed by atoms with Gasteiger partial charge in [0.05, 0.1) is 0 Å². The average molecular weight is 212 g/mol. The van der Waals surface area contributed by atoms with Gasteiger partial charge in [-0.05, 0) is 55.5 Å². The summed E-state index contributed by atoms with van der Waals surface area (Å²) in [5.41, 5.74) is 1.17. The largest absolute Gasteiger partial charge is 0.104 e. The minimum atomic E-state index is 0.464. The van der Waals surface area contributed by atoms with E-state index in [9.17, 15) is 0 Å². The summed E-state index contributed by atoms with van der Waals surface area (Å²) in [6.07, 6.45) is 12.5. The van der Waals surface area contributed by atoms with Gasteiger partial charge in [0.15, 0.2) is 0 Å². The molecule has 0 amide bonds. The van der Waals surface area contributed by atoms with Crippen LogP contribution in [0.4, 0.5) is 0 Å². The molecular formula is C13H25P. The molecule has 2 aliphatic rings. The second-order valence-corrected chi connectivity index (χ2v) is 8.43. The molecule has 0 unspecified atom stereocenters. The molecule has 2 fully saturated rings. The van der Waals surface area contributed by atoms with Crippen LogP contribution < -0.4 is 0 Å². The number of hydrogen-bond donors (Lipinski definition) is 0. The molecule has 1 saturated carbocycles. The Labute approximate surface area is 90.6 Å². The molecule has 82 valence electrons. The van der Waals surface area contributed by atoms with E-state index in [1.165, 1.54) is 31.3 Å². The van der Waals surface area contributed by atoms with Crippen molar-refractivity contribution in [1.29, 1.82) is 0 Å². The second kappa shape index (κ2) is 4.97. The third-order valence-electron chi connectivity index (χ3n) is 4.32. The summed E-state index contributed by atoms with van der Waals surface area (Å²) < 4.78 is 0. The van der Waals surface area contributed by atoms with Crippen LogP contribution in [0.5, 0.6) is 0 Å². The van der Waals surface area contributed by atoms with Gasteiger partial charge in [0.2, 0.25) is 0 Å². The van der Waals surface area contributed by atoms with Gasteiger partial charge in [0.25, 0.3) is 0 Å². The topological polar surface area (TPSA) is 0 Å². The second-order valence-electron chi connectivity index (χ2n) is 5.63. The SMILES string of the molecule is CC1CCC(P2CCC(C)CC2)CC1. The molecule has 1 heteroatoms. The molecule has 0 bridgehead atoms. The third kappa shape index (κ3) is 2.72. The van der Waals surface area contributed by atoms with Crippen molar-refractivity contribution in [2.75, 3.05) is 12.3 Å². The highest BCUT2D eigenvalue weighted by Gasteiger charge is 2.28. The van der Waals surface area contributed by atoms with Crippen molar-refractivity contribution in [2.45, 2.75) is 58.0 Å². The van der Waals surface area contributed by atoms with Gasteiger partial charge in [-0.2, -0.15) is 0 Å². The molecular weight excluding hydrogens is 187 g/mol. The highest BCUT2D eigenvalue weighted by Crippen LogP contribution is 2.52. The average Bonchev–Trinajstić information content (AvgIpc) is 2.21. The molecule has 2 rings (SSSR count). The predicted octanol–water partition coefficient (Wildman–Crippen LogP) is 4.48. The van der Waals surface area contributed by atoms with Gasteiger partial charge in [0, 0.05) is 0 Å². The van der Waals surface area contributed by atoms with Crippen LogP contribution in [0.1, 0.15) is 52.4 Å². The highest BCUT2D eigenvalue weighted by atomic mass is 31.1. The summed E-state index contributed by atoms with van der Waals surface area (Å²) in [4.78, 5) is 0. The lowest BCUT2D eigenvalue weighted by Gasteiger charge is -2.37. The maximum atomic E-state index is 2.44. The minimum absolute atomic E-state index is 0.464. The molecule has 1 aliphatic carbocycles. The van der Waals surface area contributed by atoms with Gasteiger partial charge in [-0.15, -0.1) is 7.92 Å². The van der Waals surface area contributed by atoms with Crippen LogP contribution in [-0.4, -0.2) is 18.0 Å². The van der Waals surface area contributed by atoms with Crippen LogP contribution >= 0.6 is 7.92 Å². The first kappa shape index (κ1) is 10.9. The van der Waals surface area contributed by atoms with Gasteiger partial charge in [-0.3, -0.25) is 0 Å². The van der Waals surface area contributed by atoms with Crippen molar-refractivity contribution in [3.63, 3.8) is 0 Å². The van der Waals surface area contributed by atoms with Crippen molar-refractivity contribution < 1.29 is 0 Å². The molecule has 1 saturated heterocycles. The fourth-order valence-electron chi connectivity index (χ4n) is 3.00. The standard InChI is InChI=1S/C13H25P/c1-11-3-5-13(6-4-11)14-9-7-12(2)8-10-14/h11-13H,3-10H2,1-2H3. The van der Waals surface area contributed by atoms with Crippen molar-refractivity contribution in [2.24, 2.45) is 11.8 Å². The lowest BCUT2D eigenvalue weighted by atomic mass is 9.91. The van der Waals surface area contributed by atoms with E-state index in [1.807, 2.05) is 0 Å². The van der Waals surface area contributed by atoms with E-state index < -0.39 is 0 Å². The van der Waals surface area contributed by atoms with E-state index in [0.29, 0.717) is 7.92 Å².